The number of alkyl halides is 34. The Morgan fingerprint density at radius 2 is 0.557 bits per heavy atom. The fraction of sp³-hybridized carbons (Fsp3) is 0.880. The van der Waals surface area contributed by atoms with Gasteiger partial charge in [-0.25, -0.2) is 9.13 Å². The summed E-state index contributed by atoms with van der Waals surface area (Å²) >= 11 is 0. The molecule has 362 valence electrons. The van der Waals surface area contributed by atoms with E-state index in [1.165, 1.54) is 0 Å². The first-order chi connectivity index (χ1) is 26.2. The number of halogens is 34. The first-order valence-corrected chi connectivity index (χ1v) is 14.6. The van der Waals surface area contributed by atoms with Crippen molar-refractivity contribution < 1.29 is 154 Å². The average molecular weight is 989 g/mol. The number of nitrogens with zero attached hydrogens (tertiary/aromatic N) is 2. The number of rotatable bonds is 20. The highest BCUT2D eigenvalue weighted by molar-refractivity contribution is 5.16. The highest BCUT2D eigenvalue weighted by atomic mass is 19.4. The predicted molar refractivity (Wildman–Crippen MR) is 124 cm³/mol. The molecule has 0 saturated heterocycles. The van der Waals surface area contributed by atoms with Gasteiger partial charge in [0.15, 0.2) is 0 Å². The molecule has 2 nitrogen and oxygen atoms in total. The third-order valence-electron chi connectivity index (χ3n) is 8.13. The summed E-state index contributed by atoms with van der Waals surface area (Å²) in [6.45, 7) is -2.76. The third-order valence-corrected chi connectivity index (χ3v) is 8.13. The van der Waals surface area contributed by atoms with E-state index in [0.29, 0.717) is 12.4 Å². The molecule has 0 fully saturated rings. The zero-order valence-corrected chi connectivity index (χ0v) is 27.7. The van der Waals surface area contributed by atoms with Crippen LogP contribution >= 0.6 is 0 Å². The molecule has 0 aliphatic heterocycles. The molecule has 0 amide bonds. The van der Waals surface area contributed by atoms with Crippen LogP contribution in [-0.2, 0) is 13.1 Å². The molecule has 0 N–H and O–H groups in total. The number of hydrogen-bond donors (Lipinski definition) is 0. The van der Waals surface area contributed by atoms with Crippen molar-refractivity contribution in [2.75, 3.05) is 0 Å². The largest absolute Gasteiger partial charge is 0.460 e. The van der Waals surface area contributed by atoms with E-state index in [4.69, 9.17) is 0 Å². The summed E-state index contributed by atoms with van der Waals surface area (Å²) in [4.78, 5) is 0. The Morgan fingerprint density at radius 3 is 0.836 bits per heavy atom. The molecule has 36 heteroatoms. The SMILES string of the molecule is FC(F)(F)C(F)(F)C(F)(F)C(F)(F)C(F)(F)C(F)(F)C(F)(F)C(F)(F)CCCn1cc[n+](CCCC(F)(F)C(F)(F)C(F)(F)C(F)(F)C(F)(F)C(F)(F)C(F)(F)C(F)(F)F)c1. The van der Waals surface area contributed by atoms with Crippen molar-refractivity contribution in [2.24, 2.45) is 0 Å². The van der Waals surface area contributed by atoms with Crippen LogP contribution in [0.15, 0.2) is 18.7 Å². The zero-order valence-electron chi connectivity index (χ0n) is 27.7. The molecule has 0 atom stereocenters. The highest BCUT2D eigenvalue weighted by Crippen LogP contribution is 2.66. The molecule has 1 aromatic heterocycles. The number of aromatic nitrogens is 2. The van der Waals surface area contributed by atoms with Gasteiger partial charge in [0.1, 0.15) is 12.4 Å². The molecule has 1 heterocycles. The van der Waals surface area contributed by atoms with Crippen molar-refractivity contribution in [1.29, 1.82) is 0 Å². The average Bonchev–Trinajstić information content (AvgIpc) is 3.49. The maximum absolute atomic E-state index is 14.1. The lowest BCUT2D eigenvalue weighted by Crippen LogP contribution is -2.74. The predicted octanol–water partition coefficient (Wildman–Crippen LogP) is 12.4. The van der Waals surface area contributed by atoms with E-state index in [2.05, 4.69) is 0 Å². The smallest absolute Gasteiger partial charge is 0.237 e. The molecule has 1 aromatic rings. The van der Waals surface area contributed by atoms with E-state index in [9.17, 15) is 149 Å². The lowest BCUT2D eigenvalue weighted by atomic mass is 9.88. The maximum atomic E-state index is 14.1. The van der Waals surface area contributed by atoms with Gasteiger partial charge in [-0.1, -0.05) is 0 Å². The minimum Gasteiger partial charge on any atom is -0.237 e. The first kappa shape index (κ1) is 55.8. The van der Waals surface area contributed by atoms with Gasteiger partial charge in [0.25, 0.3) is 0 Å². The summed E-state index contributed by atoms with van der Waals surface area (Å²) in [7, 11) is 0. The monoisotopic (exact) mass is 989 g/mol. The quantitative estimate of drug-likeness (QED) is 0.0909. The van der Waals surface area contributed by atoms with Crippen molar-refractivity contribution in [3.05, 3.63) is 18.7 Å². The van der Waals surface area contributed by atoms with Gasteiger partial charge in [0.05, 0.1) is 13.1 Å². The Labute approximate surface area is 312 Å². The van der Waals surface area contributed by atoms with Gasteiger partial charge in [-0.2, -0.15) is 149 Å². The van der Waals surface area contributed by atoms with Crippen molar-refractivity contribution in [2.45, 2.75) is 134 Å². The van der Waals surface area contributed by atoms with Crippen LogP contribution in [-0.4, -0.2) is 99.8 Å². The molecule has 0 unspecified atom stereocenters. The van der Waals surface area contributed by atoms with E-state index in [1.807, 2.05) is 0 Å². The normalized spacial score (nSPS) is 16.4. The molecular weight excluding hydrogens is 974 g/mol. The molecule has 0 aliphatic carbocycles. The lowest BCUT2D eigenvalue weighted by Gasteiger charge is -2.42. The van der Waals surface area contributed by atoms with Crippen LogP contribution in [0.25, 0.3) is 0 Å². The summed E-state index contributed by atoms with van der Waals surface area (Å²) in [5.41, 5.74) is 0. The summed E-state index contributed by atoms with van der Waals surface area (Å²) in [6, 6.07) is 0. The van der Waals surface area contributed by atoms with Crippen LogP contribution in [0.1, 0.15) is 25.7 Å². The van der Waals surface area contributed by atoms with Crippen LogP contribution in [0.5, 0.6) is 0 Å². The van der Waals surface area contributed by atoms with Crippen molar-refractivity contribution in [3.8, 4) is 0 Å². The standard InChI is InChI=1S/C25H15F34N2/c26-10(27,12(30,31)14(34,35)16(38,39)18(42,43)20(46,47)22(50,51)24(54,55)56)3-1-5-60-7-8-61(9-60)6-2-4-11(28,29)13(32,33)15(36,37)17(40,41)19(44,45)21(48,49)23(52,53)25(57,58)59/h7-9H,1-6H2/q+1. The van der Waals surface area contributed by atoms with E-state index >= 15 is 0 Å². The molecule has 61 heavy (non-hydrogen) atoms. The second-order valence-corrected chi connectivity index (χ2v) is 12.4. The molecule has 0 aliphatic rings. The molecule has 0 saturated carbocycles. The second-order valence-electron chi connectivity index (χ2n) is 12.4. The van der Waals surface area contributed by atoms with Crippen molar-refractivity contribution in [3.63, 3.8) is 0 Å². The van der Waals surface area contributed by atoms with Gasteiger partial charge < -0.3 is 0 Å². The van der Waals surface area contributed by atoms with E-state index in [-0.39, 0.29) is 15.5 Å². The highest BCUT2D eigenvalue weighted by Gasteiger charge is 2.96. The van der Waals surface area contributed by atoms with E-state index in [1.54, 1.807) is 0 Å². The molecule has 0 spiro atoms. The fourth-order valence-corrected chi connectivity index (χ4v) is 4.38. The summed E-state index contributed by atoms with van der Waals surface area (Å²) in [5.74, 6) is -117. The second kappa shape index (κ2) is 15.2. The topological polar surface area (TPSA) is 8.81 Å². The first-order valence-electron chi connectivity index (χ1n) is 14.6. The molecular formula is C25H15F34N2+. The van der Waals surface area contributed by atoms with Crippen molar-refractivity contribution >= 4 is 0 Å². The van der Waals surface area contributed by atoms with Gasteiger partial charge in [0, 0.05) is 12.8 Å². The van der Waals surface area contributed by atoms with Gasteiger partial charge >= 0.3 is 95.3 Å². The Balaban J connectivity index is 3.20. The molecule has 0 radical (unpaired) electrons. The van der Waals surface area contributed by atoms with Crippen molar-refractivity contribution in [1.82, 2.24) is 4.57 Å². The summed E-state index contributed by atoms with van der Waals surface area (Å²) < 4.78 is 455. The Hall–Kier alpha value is -3.17. The van der Waals surface area contributed by atoms with E-state index in [0.717, 1.165) is 0 Å². The van der Waals surface area contributed by atoms with Gasteiger partial charge in [0.2, 0.25) is 6.33 Å². The Bertz CT molecular complexity index is 1540. The van der Waals surface area contributed by atoms with Crippen LogP contribution < -0.4 is 4.57 Å². The third kappa shape index (κ3) is 8.03. The maximum Gasteiger partial charge on any atom is 0.460 e. The number of aryl methyl sites for hydroxylation is 2. The van der Waals surface area contributed by atoms with Crippen LogP contribution in [0.4, 0.5) is 149 Å². The minimum atomic E-state index is -8.90. The Kier molecular flexibility index (Phi) is 13.9. The lowest BCUT2D eigenvalue weighted by molar-refractivity contribution is -0.697. The summed E-state index contributed by atoms with van der Waals surface area (Å²) in [5, 5.41) is 0. The van der Waals surface area contributed by atoms with Crippen LogP contribution in [0, 0.1) is 0 Å². The summed E-state index contributed by atoms with van der Waals surface area (Å²) in [6.07, 6.45) is -24.4. The van der Waals surface area contributed by atoms with Gasteiger partial charge in [-0.05, 0) is 12.8 Å². The molecule has 0 aromatic carbocycles. The molecule has 0 bridgehead atoms. The fourth-order valence-electron chi connectivity index (χ4n) is 4.38. The number of hydrogen-bond acceptors (Lipinski definition) is 0. The van der Waals surface area contributed by atoms with Gasteiger partial charge in [-0.3, -0.25) is 0 Å². The van der Waals surface area contributed by atoms with E-state index < -0.39 is 134 Å². The zero-order chi connectivity index (χ0) is 49.5. The number of imidazole rings is 1. The van der Waals surface area contributed by atoms with Gasteiger partial charge in [-0.15, -0.1) is 0 Å². The molecule has 1 rings (SSSR count). The Morgan fingerprint density at radius 1 is 0.311 bits per heavy atom. The van der Waals surface area contributed by atoms with Crippen LogP contribution in [0.3, 0.4) is 0 Å². The van der Waals surface area contributed by atoms with Crippen LogP contribution in [0.2, 0.25) is 0 Å². The minimum absolute atomic E-state index is 0.273.